The van der Waals surface area contributed by atoms with Gasteiger partial charge in [-0.05, 0) is 24.5 Å². The van der Waals surface area contributed by atoms with E-state index in [2.05, 4.69) is 20.3 Å². The van der Waals surface area contributed by atoms with Gasteiger partial charge in [-0.1, -0.05) is 30.3 Å². The van der Waals surface area contributed by atoms with Crippen molar-refractivity contribution < 1.29 is 14.3 Å². The third-order valence-corrected chi connectivity index (χ3v) is 5.10. The Kier molecular flexibility index (Phi) is 5.41. The first kappa shape index (κ1) is 18.9. The van der Waals surface area contributed by atoms with Gasteiger partial charge in [0.15, 0.2) is 5.65 Å². The lowest BCUT2D eigenvalue weighted by Crippen LogP contribution is -2.39. The minimum Gasteiger partial charge on any atom is -0.469 e. The number of amides is 1. The van der Waals surface area contributed by atoms with Gasteiger partial charge >= 0.3 is 5.97 Å². The Morgan fingerprint density at radius 1 is 1.24 bits per heavy atom. The van der Waals surface area contributed by atoms with Crippen molar-refractivity contribution in [3.05, 3.63) is 54.2 Å². The van der Waals surface area contributed by atoms with Crippen molar-refractivity contribution in [3.63, 3.8) is 0 Å². The number of aromatic nitrogens is 3. The van der Waals surface area contributed by atoms with Crippen LogP contribution in [0.2, 0.25) is 0 Å². The van der Waals surface area contributed by atoms with Crippen LogP contribution in [0.15, 0.2) is 48.7 Å². The van der Waals surface area contributed by atoms with Gasteiger partial charge < -0.3 is 9.64 Å². The highest BCUT2D eigenvalue weighted by atomic mass is 16.5. The minimum atomic E-state index is -0.165. The average Bonchev–Trinajstić information content (AvgIpc) is 3.15. The molecule has 0 saturated carbocycles. The summed E-state index contributed by atoms with van der Waals surface area (Å²) in [6.45, 7) is 1.50. The summed E-state index contributed by atoms with van der Waals surface area (Å²) in [4.78, 5) is 30.7. The zero-order valence-corrected chi connectivity index (χ0v) is 16.2. The number of nitrogens with zero attached hydrogens (tertiary/aromatic N) is 4. The van der Waals surface area contributed by atoms with Gasteiger partial charge in [-0.15, -0.1) is 5.10 Å². The maximum absolute atomic E-state index is 12.2. The SMILES string of the molecule is COC(=O)C1CCCN(c2ccn3nc(NC(=O)Cc4ccccc4)nc3c2)C1. The van der Waals surface area contributed by atoms with Gasteiger partial charge in [0, 0.05) is 31.0 Å². The fourth-order valence-corrected chi connectivity index (χ4v) is 3.64. The van der Waals surface area contributed by atoms with Crippen LogP contribution >= 0.6 is 0 Å². The van der Waals surface area contributed by atoms with E-state index < -0.39 is 0 Å². The fourth-order valence-electron chi connectivity index (χ4n) is 3.64. The van der Waals surface area contributed by atoms with Crippen LogP contribution in [-0.4, -0.2) is 46.7 Å². The van der Waals surface area contributed by atoms with E-state index >= 15 is 0 Å². The number of carbonyl (C=O) groups is 2. The molecule has 8 nitrogen and oxygen atoms in total. The Morgan fingerprint density at radius 2 is 2.07 bits per heavy atom. The quantitative estimate of drug-likeness (QED) is 0.669. The van der Waals surface area contributed by atoms with E-state index in [1.165, 1.54) is 7.11 Å². The van der Waals surface area contributed by atoms with E-state index in [1.54, 1.807) is 4.52 Å². The smallest absolute Gasteiger partial charge is 0.310 e. The number of benzene rings is 1. The van der Waals surface area contributed by atoms with Crippen molar-refractivity contribution in [1.29, 1.82) is 0 Å². The molecule has 150 valence electrons. The van der Waals surface area contributed by atoms with Gasteiger partial charge in [0.1, 0.15) is 0 Å². The molecule has 8 heteroatoms. The molecule has 1 N–H and O–H groups in total. The summed E-state index contributed by atoms with van der Waals surface area (Å²) in [6, 6.07) is 13.4. The number of hydrogen-bond acceptors (Lipinski definition) is 6. The molecule has 3 aromatic rings. The standard InChI is InChI=1S/C21H23N5O3/c1-29-20(28)16-8-5-10-25(14-16)17-9-11-26-18(13-17)22-21(24-26)23-19(27)12-15-6-3-2-4-7-15/h2-4,6-7,9,11,13,16H,5,8,10,12,14H2,1H3,(H,23,24,27). The summed E-state index contributed by atoms with van der Waals surface area (Å²) < 4.78 is 6.52. The zero-order valence-electron chi connectivity index (χ0n) is 16.2. The molecule has 1 aliphatic heterocycles. The van der Waals surface area contributed by atoms with Gasteiger partial charge in [0.2, 0.25) is 11.9 Å². The zero-order chi connectivity index (χ0) is 20.2. The molecule has 1 aromatic carbocycles. The average molecular weight is 393 g/mol. The number of piperidine rings is 1. The Bertz CT molecular complexity index is 1020. The molecule has 3 heterocycles. The highest BCUT2D eigenvalue weighted by Gasteiger charge is 2.26. The van der Waals surface area contributed by atoms with Crippen LogP contribution in [0.5, 0.6) is 0 Å². The van der Waals surface area contributed by atoms with E-state index in [0.717, 1.165) is 30.6 Å². The summed E-state index contributed by atoms with van der Waals surface area (Å²) >= 11 is 0. The molecule has 0 spiro atoms. The van der Waals surface area contributed by atoms with Gasteiger partial charge in [-0.3, -0.25) is 14.9 Å². The molecule has 1 aliphatic rings. The largest absolute Gasteiger partial charge is 0.469 e. The Balaban J connectivity index is 1.46. The van der Waals surface area contributed by atoms with Crippen molar-refractivity contribution in [2.45, 2.75) is 19.3 Å². The molecule has 4 rings (SSSR count). The second-order valence-electron chi connectivity index (χ2n) is 7.14. The summed E-state index contributed by atoms with van der Waals surface area (Å²) in [6.07, 6.45) is 3.85. The monoisotopic (exact) mass is 393 g/mol. The number of methoxy groups -OCH3 is 1. The highest BCUT2D eigenvalue weighted by Crippen LogP contribution is 2.25. The Hall–Kier alpha value is -3.42. The molecule has 1 amide bonds. The van der Waals surface area contributed by atoms with E-state index in [1.807, 2.05) is 48.7 Å². The molecule has 1 saturated heterocycles. The number of ether oxygens (including phenoxy) is 1. The molecule has 2 aromatic heterocycles. The van der Waals surface area contributed by atoms with E-state index in [-0.39, 0.29) is 30.2 Å². The van der Waals surface area contributed by atoms with E-state index in [0.29, 0.717) is 12.2 Å². The molecular formula is C21H23N5O3. The molecule has 0 bridgehead atoms. The van der Waals surface area contributed by atoms with Crippen LogP contribution in [0, 0.1) is 5.92 Å². The predicted octanol–water partition coefficient (Wildman–Crippen LogP) is 2.30. The first-order valence-corrected chi connectivity index (χ1v) is 9.65. The van der Waals surface area contributed by atoms with Crippen molar-refractivity contribution in [3.8, 4) is 0 Å². The third kappa shape index (κ3) is 4.37. The van der Waals surface area contributed by atoms with Crippen molar-refractivity contribution >= 4 is 29.2 Å². The predicted molar refractivity (Wildman–Crippen MR) is 109 cm³/mol. The summed E-state index contributed by atoms with van der Waals surface area (Å²) in [7, 11) is 1.43. The van der Waals surface area contributed by atoms with Crippen LogP contribution in [0.4, 0.5) is 11.6 Å². The molecule has 1 unspecified atom stereocenters. The lowest BCUT2D eigenvalue weighted by Gasteiger charge is -2.33. The fraction of sp³-hybridized carbons (Fsp3) is 0.333. The first-order valence-electron chi connectivity index (χ1n) is 9.65. The van der Waals surface area contributed by atoms with Gasteiger partial charge in [-0.25, -0.2) is 4.52 Å². The van der Waals surface area contributed by atoms with Gasteiger partial charge in [0.05, 0.1) is 19.4 Å². The number of esters is 1. The molecule has 0 radical (unpaired) electrons. The van der Waals surface area contributed by atoms with Crippen LogP contribution in [0.25, 0.3) is 5.65 Å². The number of anilines is 2. The third-order valence-electron chi connectivity index (χ3n) is 5.10. The molecule has 29 heavy (non-hydrogen) atoms. The Morgan fingerprint density at radius 3 is 2.86 bits per heavy atom. The lowest BCUT2D eigenvalue weighted by atomic mass is 9.98. The number of hydrogen-bond donors (Lipinski definition) is 1. The number of fused-ring (bicyclic) bond motifs is 1. The second kappa shape index (κ2) is 8.30. The molecule has 0 aliphatic carbocycles. The van der Waals surface area contributed by atoms with Gasteiger partial charge in [0.25, 0.3) is 0 Å². The first-order chi connectivity index (χ1) is 14.1. The summed E-state index contributed by atoms with van der Waals surface area (Å²) in [5.41, 5.74) is 2.54. The molecular weight excluding hydrogens is 370 g/mol. The van der Waals surface area contributed by atoms with Crippen molar-refractivity contribution in [2.24, 2.45) is 5.92 Å². The summed E-state index contributed by atoms with van der Waals surface area (Å²) in [5.74, 6) is -0.171. The molecule has 1 fully saturated rings. The highest BCUT2D eigenvalue weighted by molar-refractivity contribution is 5.90. The van der Waals surface area contributed by atoms with E-state index in [9.17, 15) is 9.59 Å². The second-order valence-corrected chi connectivity index (χ2v) is 7.14. The maximum atomic E-state index is 12.2. The molecule has 1 atom stereocenters. The lowest BCUT2D eigenvalue weighted by molar-refractivity contribution is -0.145. The van der Waals surface area contributed by atoms with Crippen molar-refractivity contribution in [2.75, 3.05) is 30.4 Å². The number of nitrogens with one attached hydrogen (secondary N) is 1. The van der Waals surface area contributed by atoms with Crippen LogP contribution in [0.3, 0.4) is 0 Å². The number of carbonyl (C=O) groups excluding carboxylic acids is 2. The number of pyridine rings is 1. The van der Waals surface area contributed by atoms with E-state index in [4.69, 9.17) is 4.74 Å². The summed E-state index contributed by atoms with van der Waals surface area (Å²) in [5, 5.41) is 7.07. The number of rotatable bonds is 5. The normalized spacial score (nSPS) is 16.6. The van der Waals surface area contributed by atoms with Crippen LogP contribution in [0.1, 0.15) is 18.4 Å². The van der Waals surface area contributed by atoms with Crippen LogP contribution in [-0.2, 0) is 20.7 Å². The maximum Gasteiger partial charge on any atom is 0.310 e. The minimum absolute atomic E-state index is 0.115. The van der Waals surface area contributed by atoms with Gasteiger partial charge in [-0.2, -0.15) is 4.98 Å². The van der Waals surface area contributed by atoms with Crippen LogP contribution < -0.4 is 10.2 Å². The van der Waals surface area contributed by atoms with Crippen molar-refractivity contribution in [1.82, 2.24) is 14.6 Å². The topological polar surface area (TPSA) is 88.8 Å². The Labute approximate surface area is 168 Å².